The Kier molecular flexibility index (Phi) is 3.99. The SMILES string of the molecule is COc1cc(CNC2CCN3CCCCC23)ccn1. The molecule has 19 heavy (non-hydrogen) atoms. The van der Waals surface area contributed by atoms with Crippen molar-refractivity contribution in [1.82, 2.24) is 15.2 Å². The van der Waals surface area contributed by atoms with Crippen LogP contribution in [-0.2, 0) is 6.54 Å². The highest BCUT2D eigenvalue weighted by atomic mass is 16.5. The summed E-state index contributed by atoms with van der Waals surface area (Å²) in [6.07, 6.45) is 7.23. The van der Waals surface area contributed by atoms with E-state index in [0.717, 1.165) is 12.6 Å². The third kappa shape index (κ3) is 2.90. The maximum Gasteiger partial charge on any atom is 0.213 e. The molecule has 0 aromatic carbocycles. The van der Waals surface area contributed by atoms with E-state index in [1.165, 1.54) is 44.3 Å². The second kappa shape index (κ2) is 5.88. The van der Waals surface area contributed by atoms with Crippen LogP contribution in [0.4, 0.5) is 0 Å². The minimum atomic E-state index is 0.652. The molecule has 2 aliphatic heterocycles. The van der Waals surface area contributed by atoms with Crippen molar-refractivity contribution in [1.29, 1.82) is 0 Å². The summed E-state index contributed by atoms with van der Waals surface area (Å²) in [5, 5.41) is 3.72. The van der Waals surface area contributed by atoms with Crippen LogP contribution in [0.1, 0.15) is 31.2 Å². The fourth-order valence-electron chi connectivity index (χ4n) is 3.41. The standard InChI is InChI=1S/C15H23N3O/c1-19-15-10-12(5-7-16-15)11-17-13-6-9-18-8-3-2-4-14(13)18/h5,7,10,13-14,17H,2-4,6,8-9,11H2,1H3. The van der Waals surface area contributed by atoms with E-state index in [2.05, 4.69) is 21.3 Å². The molecule has 0 saturated carbocycles. The summed E-state index contributed by atoms with van der Waals surface area (Å²) in [7, 11) is 1.66. The molecule has 3 heterocycles. The summed E-state index contributed by atoms with van der Waals surface area (Å²) in [4.78, 5) is 6.81. The molecule has 1 N–H and O–H groups in total. The minimum Gasteiger partial charge on any atom is -0.481 e. The third-order valence-electron chi connectivity index (χ3n) is 4.43. The number of nitrogens with one attached hydrogen (secondary N) is 1. The zero-order chi connectivity index (χ0) is 13.1. The normalized spacial score (nSPS) is 27.2. The Balaban J connectivity index is 1.57. The summed E-state index contributed by atoms with van der Waals surface area (Å²) >= 11 is 0. The van der Waals surface area contributed by atoms with Gasteiger partial charge in [-0.2, -0.15) is 0 Å². The number of pyridine rings is 1. The Hall–Kier alpha value is -1.13. The summed E-state index contributed by atoms with van der Waals surface area (Å²) in [5.41, 5.74) is 1.25. The second-order valence-corrected chi connectivity index (χ2v) is 5.58. The van der Waals surface area contributed by atoms with Crippen molar-refractivity contribution in [2.45, 2.75) is 44.3 Å². The highest BCUT2D eigenvalue weighted by Gasteiger charge is 2.34. The lowest BCUT2D eigenvalue weighted by Crippen LogP contribution is -2.44. The first-order chi connectivity index (χ1) is 9.36. The first-order valence-corrected chi connectivity index (χ1v) is 7.33. The molecular weight excluding hydrogens is 238 g/mol. The molecule has 0 bridgehead atoms. The van der Waals surface area contributed by atoms with Gasteiger partial charge in [0.2, 0.25) is 5.88 Å². The first-order valence-electron chi connectivity index (χ1n) is 7.33. The van der Waals surface area contributed by atoms with Crippen molar-refractivity contribution < 1.29 is 4.74 Å². The van der Waals surface area contributed by atoms with E-state index in [4.69, 9.17) is 4.74 Å². The monoisotopic (exact) mass is 261 g/mol. The number of ether oxygens (including phenoxy) is 1. The predicted octanol–water partition coefficient (Wildman–Crippen LogP) is 1.81. The molecule has 104 valence electrons. The van der Waals surface area contributed by atoms with Crippen LogP contribution in [0.2, 0.25) is 0 Å². The molecule has 2 saturated heterocycles. The lowest BCUT2D eigenvalue weighted by atomic mass is 9.99. The molecule has 1 aromatic rings. The van der Waals surface area contributed by atoms with Gasteiger partial charge in [0.25, 0.3) is 0 Å². The van der Waals surface area contributed by atoms with Crippen LogP contribution in [0.25, 0.3) is 0 Å². The van der Waals surface area contributed by atoms with Crippen molar-refractivity contribution in [3.63, 3.8) is 0 Å². The van der Waals surface area contributed by atoms with Gasteiger partial charge in [-0.05, 0) is 37.4 Å². The highest BCUT2D eigenvalue weighted by Crippen LogP contribution is 2.27. The van der Waals surface area contributed by atoms with Crippen molar-refractivity contribution >= 4 is 0 Å². The summed E-state index contributed by atoms with van der Waals surface area (Å²) in [6.45, 7) is 3.47. The number of hydrogen-bond acceptors (Lipinski definition) is 4. The molecule has 0 radical (unpaired) electrons. The maximum atomic E-state index is 5.17. The molecule has 3 rings (SSSR count). The average Bonchev–Trinajstić information content (AvgIpc) is 2.89. The fraction of sp³-hybridized carbons (Fsp3) is 0.667. The molecular formula is C15H23N3O. The molecule has 4 nitrogen and oxygen atoms in total. The number of piperidine rings is 1. The van der Waals surface area contributed by atoms with E-state index >= 15 is 0 Å². The van der Waals surface area contributed by atoms with Crippen molar-refractivity contribution in [3.05, 3.63) is 23.9 Å². The molecule has 2 fully saturated rings. The topological polar surface area (TPSA) is 37.4 Å². The Labute approximate surface area is 115 Å². The van der Waals surface area contributed by atoms with Gasteiger partial charge < -0.3 is 10.1 Å². The van der Waals surface area contributed by atoms with Gasteiger partial charge in [-0.25, -0.2) is 4.98 Å². The van der Waals surface area contributed by atoms with Crippen LogP contribution in [-0.4, -0.2) is 42.2 Å². The average molecular weight is 261 g/mol. The summed E-state index contributed by atoms with van der Waals surface area (Å²) in [5.74, 6) is 0.699. The summed E-state index contributed by atoms with van der Waals surface area (Å²) < 4.78 is 5.17. The zero-order valence-electron chi connectivity index (χ0n) is 11.6. The van der Waals surface area contributed by atoms with E-state index in [9.17, 15) is 0 Å². The first kappa shape index (κ1) is 12.9. The Bertz CT molecular complexity index is 424. The van der Waals surface area contributed by atoms with Crippen LogP contribution in [0.5, 0.6) is 5.88 Å². The lowest BCUT2D eigenvalue weighted by Gasteiger charge is -2.32. The van der Waals surface area contributed by atoms with E-state index in [-0.39, 0.29) is 0 Å². The fourth-order valence-corrected chi connectivity index (χ4v) is 3.41. The maximum absolute atomic E-state index is 5.17. The molecule has 0 amide bonds. The molecule has 0 aliphatic carbocycles. The van der Waals surface area contributed by atoms with E-state index in [0.29, 0.717) is 11.9 Å². The zero-order valence-corrected chi connectivity index (χ0v) is 11.6. The van der Waals surface area contributed by atoms with Gasteiger partial charge in [0.05, 0.1) is 7.11 Å². The molecule has 2 aliphatic rings. The molecule has 4 heteroatoms. The van der Waals surface area contributed by atoms with Crippen LogP contribution >= 0.6 is 0 Å². The number of fused-ring (bicyclic) bond motifs is 1. The van der Waals surface area contributed by atoms with Gasteiger partial charge in [0.15, 0.2) is 0 Å². The van der Waals surface area contributed by atoms with Crippen molar-refractivity contribution in [3.8, 4) is 5.88 Å². The number of nitrogens with zero attached hydrogens (tertiary/aromatic N) is 2. The van der Waals surface area contributed by atoms with E-state index in [1.54, 1.807) is 7.11 Å². The van der Waals surface area contributed by atoms with Crippen molar-refractivity contribution in [2.24, 2.45) is 0 Å². The molecule has 1 aromatic heterocycles. The smallest absolute Gasteiger partial charge is 0.213 e. The van der Waals surface area contributed by atoms with Crippen LogP contribution < -0.4 is 10.1 Å². The summed E-state index contributed by atoms with van der Waals surface area (Å²) in [6, 6.07) is 5.49. The van der Waals surface area contributed by atoms with Crippen molar-refractivity contribution in [2.75, 3.05) is 20.2 Å². The van der Waals surface area contributed by atoms with Gasteiger partial charge in [-0.3, -0.25) is 4.90 Å². The van der Waals surface area contributed by atoms with Gasteiger partial charge in [-0.15, -0.1) is 0 Å². The predicted molar refractivity (Wildman–Crippen MR) is 75.2 cm³/mol. The van der Waals surface area contributed by atoms with Gasteiger partial charge in [-0.1, -0.05) is 6.42 Å². The van der Waals surface area contributed by atoms with Gasteiger partial charge in [0.1, 0.15) is 0 Å². The number of aromatic nitrogens is 1. The van der Waals surface area contributed by atoms with Gasteiger partial charge >= 0.3 is 0 Å². The third-order valence-corrected chi connectivity index (χ3v) is 4.43. The largest absolute Gasteiger partial charge is 0.481 e. The number of hydrogen-bond donors (Lipinski definition) is 1. The lowest BCUT2D eigenvalue weighted by molar-refractivity contribution is 0.180. The molecule has 2 unspecified atom stereocenters. The quantitative estimate of drug-likeness (QED) is 0.897. The highest BCUT2D eigenvalue weighted by molar-refractivity contribution is 5.20. The van der Waals surface area contributed by atoms with E-state index < -0.39 is 0 Å². The Morgan fingerprint density at radius 1 is 1.37 bits per heavy atom. The van der Waals surface area contributed by atoms with E-state index in [1.807, 2.05) is 12.3 Å². The number of rotatable bonds is 4. The van der Waals surface area contributed by atoms with Crippen LogP contribution in [0.15, 0.2) is 18.3 Å². The Morgan fingerprint density at radius 2 is 2.32 bits per heavy atom. The Morgan fingerprint density at radius 3 is 3.21 bits per heavy atom. The number of methoxy groups -OCH3 is 1. The molecule has 2 atom stereocenters. The second-order valence-electron chi connectivity index (χ2n) is 5.58. The minimum absolute atomic E-state index is 0.652. The van der Waals surface area contributed by atoms with Crippen LogP contribution in [0, 0.1) is 0 Å². The van der Waals surface area contributed by atoms with Crippen LogP contribution in [0.3, 0.4) is 0 Å². The van der Waals surface area contributed by atoms with Gasteiger partial charge in [0, 0.05) is 37.4 Å². The molecule has 0 spiro atoms.